The van der Waals surface area contributed by atoms with Crippen LogP contribution in [0.2, 0.25) is 0 Å². The zero-order valence-corrected chi connectivity index (χ0v) is 16.9. The van der Waals surface area contributed by atoms with Crippen molar-refractivity contribution in [2.24, 2.45) is 7.05 Å². The number of pyridine rings is 2. The maximum Gasteiger partial charge on any atom is 0.158 e. The van der Waals surface area contributed by atoms with Crippen LogP contribution in [0.25, 0.3) is 33.5 Å². The molecule has 0 spiro atoms. The number of ketones is 1. The SMILES string of the molecule is Cn1nccc1-c1ccnc2c1ccn2CC(=O)Cc1ccc(-c2cnccn2)cn1. The van der Waals surface area contributed by atoms with E-state index in [0.29, 0.717) is 0 Å². The van der Waals surface area contributed by atoms with Crippen LogP contribution in [0, 0.1) is 0 Å². The van der Waals surface area contributed by atoms with Crippen LogP contribution in [0.15, 0.2) is 73.7 Å². The Morgan fingerprint density at radius 1 is 0.935 bits per heavy atom. The van der Waals surface area contributed by atoms with E-state index in [4.69, 9.17) is 0 Å². The molecule has 0 fully saturated rings. The van der Waals surface area contributed by atoms with Crippen molar-refractivity contribution in [3.63, 3.8) is 0 Å². The molecule has 31 heavy (non-hydrogen) atoms. The third kappa shape index (κ3) is 3.71. The summed E-state index contributed by atoms with van der Waals surface area (Å²) in [4.78, 5) is 30.0. The molecule has 0 atom stereocenters. The number of aromatic nitrogens is 7. The van der Waals surface area contributed by atoms with E-state index in [1.165, 1.54) is 0 Å². The molecule has 0 aliphatic rings. The number of hydrogen-bond donors (Lipinski definition) is 0. The summed E-state index contributed by atoms with van der Waals surface area (Å²) in [7, 11) is 1.91. The monoisotopic (exact) mass is 409 g/mol. The maximum atomic E-state index is 12.7. The second-order valence-electron chi connectivity index (χ2n) is 7.22. The lowest BCUT2D eigenvalue weighted by atomic mass is 10.1. The van der Waals surface area contributed by atoms with E-state index in [9.17, 15) is 4.79 Å². The lowest BCUT2D eigenvalue weighted by Gasteiger charge is -2.07. The summed E-state index contributed by atoms with van der Waals surface area (Å²) < 4.78 is 3.71. The van der Waals surface area contributed by atoms with E-state index < -0.39 is 0 Å². The summed E-state index contributed by atoms with van der Waals surface area (Å²) in [5, 5.41) is 5.24. The highest BCUT2D eigenvalue weighted by Crippen LogP contribution is 2.27. The van der Waals surface area contributed by atoms with Crippen LogP contribution in [0.1, 0.15) is 5.69 Å². The zero-order valence-electron chi connectivity index (χ0n) is 16.9. The predicted octanol–water partition coefficient (Wildman–Crippen LogP) is 3.10. The van der Waals surface area contributed by atoms with Gasteiger partial charge in [0.05, 0.1) is 30.6 Å². The van der Waals surface area contributed by atoms with Crippen molar-refractivity contribution < 1.29 is 4.79 Å². The summed E-state index contributed by atoms with van der Waals surface area (Å²) >= 11 is 0. The molecule has 5 aromatic rings. The van der Waals surface area contributed by atoms with Gasteiger partial charge in [0.25, 0.3) is 0 Å². The molecule has 0 aliphatic heterocycles. The quantitative estimate of drug-likeness (QED) is 0.428. The Kier molecular flexibility index (Phi) is 4.80. The van der Waals surface area contributed by atoms with Gasteiger partial charge in [0.15, 0.2) is 5.78 Å². The van der Waals surface area contributed by atoms with Gasteiger partial charge in [-0.3, -0.25) is 24.4 Å². The normalized spacial score (nSPS) is 11.1. The Morgan fingerprint density at radius 3 is 2.61 bits per heavy atom. The minimum Gasteiger partial charge on any atom is -0.325 e. The number of fused-ring (bicyclic) bond motifs is 1. The largest absolute Gasteiger partial charge is 0.325 e. The number of hydrogen-bond acceptors (Lipinski definition) is 6. The van der Waals surface area contributed by atoms with Crippen LogP contribution in [0.3, 0.4) is 0 Å². The Bertz CT molecular complexity index is 1350. The summed E-state index contributed by atoms with van der Waals surface area (Å²) in [6.45, 7) is 0.235. The van der Waals surface area contributed by atoms with Crippen LogP contribution < -0.4 is 0 Å². The molecule has 5 rings (SSSR count). The van der Waals surface area contributed by atoms with Gasteiger partial charge in [-0.2, -0.15) is 5.10 Å². The van der Waals surface area contributed by atoms with E-state index >= 15 is 0 Å². The lowest BCUT2D eigenvalue weighted by Crippen LogP contribution is -2.13. The third-order valence-electron chi connectivity index (χ3n) is 5.17. The van der Waals surface area contributed by atoms with Crippen molar-refractivity contribution in [1.29, 1.82) is 0 Å². The first-order chi connectivity index (χ1) is 15.2. The van der Waals surface area contributed by atoms with Crippen LogP contribution in [-0.2, 0) is 24.8 Å². The maximum absolute atomic E-state index is 12.7. The first-order valence-electron chi connectivity index (χ1n) is 9.84. The van der Waals surface area contributed by atoms with E-state index in [1.807, 2.05) is 52.8 Å². The van der Waals surface area contributed by atoms with E-state index in [1.54, 1.807) is 37.2 Å². The molecule has 0 bridgehead atoms. The average Bonchev–Trinajstić information content (AvgIpc) is 3.41. The molecule has 0 aromatic carbocycles. The Labute approximate surface area is 178 Å². The van der Waals surface area contributed by atoms with E-state index in [-0.39, 0.29) is 18.7 Å². The Hall–Kier alpha value is -4.20. The minimum absolute atomic E-state index is 0.0602. The van der Waals surface area contributed by atoms with Crippen molar-refractivity contribution in [1.82, 2.24) is 34.3 Å². The number of aryl methyl sites for hydroxylation is 1. The summed E-state index contributed by atoms with van der Waals surface area (Å²) in [5.74, 6) is 0.0602. The molecule has 0 radical (unpaired) electrons. The Balaban J connectivity index is 1.33. The Morgan fingerprint density at radius 2 is 1.87 bits per heavy atom. The fourth-order valence-corrected chi connectivity index (χ4v) is 3.66. The molecule has 8 nitrogen and oxygen atoms in total. The molecule has 0 saturated carbocycles. The summed E-state index contributed by atoms with van der Waals surface area (Å²) in [5.41, 5.74) is 5.16. The number of nitrogens with zero attached hydrogens (tertiary/aromatic N) is 7. The predicted molar refractivity (Wildman–Crippen MR) is 116 cm³/mol. The first kappa shape index (κ1) is 18.8. The topological polar surface area (TPSA) is 91.4 Å². The van der Waals surface area contributed by atoms with Gasteiger partial charge in [0.2, 0.25) is 0 Å². The van der Waals surface area contributed by atoms with Crippen LogP contribution in [0.4, 0.5) is 0 Å². The third-order valence-corrected chi connectivity index (χ3v) is 5.17. The number of Topliss-reactive ketones (excluding diaryl/α,β-unsaturated/α-hetero) is 1. The molecule has 5 aromatic heterocycles. The first-order valence-corrected chi connectivity index (χ1v) is 9.84. The van der Waals surface area contributed by atoms with Crippen molar-refractivity contribution in [3.05, 3.63) is 79.4 Å². The molecule has 0 aliphatic carbocycles. The summed E-state index contributed by atoms with van der Waals surface area (Å²) in [6, 6.07) is 9.69. The second-order valence-corrected chi connectivity index (χ2v) is 7.22. The molecule has 0 amide bonds. The van der Waals surface area contributed by atoms with Crippen LogP contribution >= 0.6 is 0 Å². The summed E-state index contributed by atoms with van der Waals surface area (Å²) in [6.07, 6.45) is 12.4. The molecule has 0 saturated heterocycles. The second kappa shape index (κ2) is 7.91. The van der Waals surface area contributed by atoms with Crippen LogP contribution in [-0.4, -0.2) is 40.1 Å². The number of carbonyl (C=O) groups is 1. The van der Waals surface area contributed by atoms with Gasteiger partial charge >= 0.3 is 0 Å². The fraction of sp³-hybridized carbons (Fsp3) is 0.130. The average molecular weight is 409 g/mol. The highest BCUT2D eigenvalue weighted by atomic mass is 16.1. The standard InChI is InChI=1S/C23H19N7O/c1-29-22(5-8-28-29)19-4-7-26-23-20(19)6-11-30(23)15-18(31)12-17-3-2-16(13-27-17)21-14-24-9-10-25-21/h2-11,13-14H,12,15H2,1H3. The fourth-order valence-electron chi connectivity index (χ4n) is 3.66. The van der Waals surface area contributed by atoms with Crippen molar-refractivity contribution >= 4 is 16.8 Å². The number of rotatable bonds is 6. The highest BCUT2D eigenvalue weighted by Gasteiger charge is 2.13. The van der Waals surface area contributed by atoms with E-state index in [2.05, 4.69) is 25.0 Å². The lowest BCUT2D eigenvalue weighted by molar-refractivity contribution is -0.119. The van der Waals surface area contributed by atoms with Crippen molar-refractivity contribution in [3.8, 4) is 22.5 Å². The molecule has 152 valence electrons. The van der Waals surface area contributed by atoms with Gasteiger partial charge < -0.3 is 4.57 Å². The van der Waals surface area contributed by atoms with Gasteiger partial charge in [-0.05, 0) is 30.3 Å². The molecule has 0 unspecified atom stereocenters. The van der Waals surface area contributed by atoms with Crippen LogP contribution in [0.5, 0.6) is 0 Å². The van der Waals surface area contributed by atoms with Gasteiger partial charge in [-0.25, -0.2) is 4.98 Å². The molecule has 0 N–H and O–H groups in total. The zero-order chi connectivity index (χ0) is 21.2. The van der Waals surface area contributed by atoms with Gasteiger partial charge in [-0.1, -0.05) is 0 Å². The molecular formula is C23H19N7O. The minimum atomic E-state index is 0.0602. The van der Waals surface area contributed by atoms with Crippen molar-refractivity contribution in [2.45, 2.75) is 13.0 Å². The molecule has 5 heterocycles. The number of carbonyl (C=O) groups excluding carboxylic acids is 1. The van der Waals surface area contributed by atoms with Gasteiger partial charge in [0.1, 0.15) is 5.65 Å². The smallest absolute Gasteiger partial charge is 0.158 e. The van der Waals surface area contributed by atoms with Gasteiger partial charge in [-0.15, -0.1) is 0 Å². The van der Waals surface area contributed by atoms with E-state index in [0.717, 1.165) is 39.2 Å². The highest BCUT2D eigenvalue weighted by molar-refractivity contribution is 5.93. The van der Waals surface area contributed by atoms with Crippen molar-refractivity contribution in [2.75, 3.05) is 0 Å². The molecular weight excluding hydrogens is 390 g/mol. The molecule has 8 heteroatoms. The van der Waals surface area contributed by atoms with Gasteiger partial charge in [0, 0.05) is 66.4 Å².